The van der Waals surface area contributed by atoms with E-state index in [4.69, 9.17) is 16.3 Å². The molecule has 0 radical (unpaired) electrons. The highest BCUT2D eigenvalue weighted by atomic mass is 35.5. The van der Waals surface area contributed by atoms with E-state index in [1.54, 1.807) is 24.4 Å². The zero-order valence-corrected chi connectivity index (χ0v) is 14.0. The summed E-state index contributed by atoms with van der Waals surface area (Å²) in [6.45, 7) is 0. The number of esters is 1. The molecule has 3 aromatic heterocycles. The fourth-order valence-electron chi connectivity index (χ4n) is 2.64. The molecule has 0 saturated carbocycles. The fourth-order valence-corrected chi connectivity index (χ4v) is 2.80. The van der Waals surface area contributed by atoms with E-state index in [0.717, 1.165) is 0 Å². The third-order valence-corrected chi connectivity index (χ3v) is 4.06. The zero-order valence-electron chi connectivity index (χ0n) is 13.2. The van der Waals surface area contributed by atoms with Crippen LogP contribution in [-0.4, -0.2) is 32.6 Å². The first-order valence-corrected chi connectivity index (χ1v) is 7.76. The van der Waals surface area contributed by atoms with Crippen molar-refractivity contribution in [1.82, 2.24) is 14.4 Å². The Morgan fingerprint density at radius 1 is 1.40 bits per heavy atom. The molecule has 0 aromatic carbocycles. The van der Waals surface area contributed by atoms with Gasteiger partial charge in [0.2, 0.25) is 5.88 Å². The average Bonchev–Trinajstić information content (AvgIpc) is 2.62. The van der Waals surface area contributed by atoms with Crippen LogP contribution in [-0.2, 0) is 9.53 Å². The van der Waals surface area contributed by atoms with Gasteiger partial charge in [-0.25, -0.2) is 0 Å². The number of aromatic nitrogens is 3. The van der Waals surface area contributed by atoms with Gasteiger partial charge in [0.05, 0.1) is 24.1 Å². The summed E-state index contributed by atoms with van der Waals surface area (Å²) in [5.41, 5.74) is 0.309. The summed E-state index contributed by atoms with van der Waals surface area (Å²) in [6.07, 6.45) is 4.37. The third-order valence-electron chi connectivity index (χ3n) is 3.84. The van der Waals surface area contributed by atoms with Crippen LogP contribution in [0.3, 0.4) is 0 Å². The minimum Gasteiger partial charge on any atom is -0.493 e. The third kappa shape index (κ3) is 3.32. The quantitative estimate of drug-likeness (QED) is 0.717. The van der Waals surface area contributed by atoms with Crippen molar-refractivity contribution in [2.24, 2.45) is 0 Å². The second-order valence-electron chi connectivity index (χ2n) is 5.35. The predicted octanol–water partition coefficient (Wildman–Crippen LogP) is 2.14. The average molecular weight is 360 g/mol. The van der Waals surface area contributed by atoms with Crippen molar-refractivity contribution in [3.63, 3.8) is 0 Å². The number of carbonyl (C=O) groups excluding carboxylic acids is 1. The van der Waals surface area contributed by atoms with Gasteiger partial charge in [0.1, 0.15) is 5.65 Å². The largest absolute Gasteiger partial charge is 0.493 e. The minimum atomic E-state index is -0.753. The molecule has 1 N–H and O–H groups in total. The van der Waals surface area contributed by atoms with E-state index in [1.165, 1.54) is 30.0 Å². The number of hydrogen-bond acceptors (Lipinski definition) is 6. The van der Waals surface area contributed by atoms with Gasteiger partial charge in [0, 0.05) is 24.5 Å². The van der Waals surface area contributed by atoms with Gasteiger partial charge in [-0.3, -0.25) is 19.0 Å². The molecule has 3 heterocycles. The highest BCUT2D eigenvalue weighted by Gasteiger charge is 2.27. The van der Waals surface area contributed by atoms with Crippen molar-refractivity contribution in [2.45, 2.75) is 12.3 Å². The summed E-state index contributed by atoms with van der Waals surface area (Å²) >= 11 is 5.95. The highest BCUT2D eigenvalue weighted by molar-refractivity contribution is 6.30. The Kier molecular flexibility index (Phi) is 4.67. The van der Waals surface area contributed by atoms with Gasteiger partial charge < -0.3 is 9.84 Å². The molecule has 1 atom stereocenters. The van der Waals surface area contributed by atoms with Crippen LogP contribution in [0.5, 0.6) is 5.88 Å². The lowest BCUT2D eigenvalue weighted by atomic mass is 9.90. The summed E-state index contributed by atoms with van der Waals surface area (Å²) in [5.74, 6) is -1.72. The summed E-state index contributed by atoms with van der Waals surface area (Å²) < 4.78 is 5.95. The molecule has 0 bridgehead atoms. The van der Waals surface area contributed by atoms with Gasteiger partial charge in [-0.15, -0.1) is 0 Å². The van der Waals surface area contributed by atoms with E-state index in [1.807, 2.05) is 0 Å². The van der Waals surface area contributed by atoms with Crippen LogP contribution in [0.15, 0.2) is 47.7 Å². The van der Waals surface area contributed by atoms with Crippen LogP contribution in [0.4, 0.5) is 0 Å². The Morgan fingerprint density at radius 3 is 2.88 bits per heavy atom. The van der Waals surface area contributed by atoms with E-state index in [-0.39, 0.29) is 17.6 Å². The number of methoxy groups -OCH3 is 1. The molecule has 0 aliphatic heterocycles. The Balaban J connectivity index is 2.25. The Morgan fingerprint density at radius 2 is 2.20 bits per heavy atom. The smallest absolute Gasteiger partial charge is 0.306 e. The lowest BCUT2D eigenvalue weighted by Gasteiger charge is -2.17. The van der Waals surface area contributed by atoms with Crippen LogP contribution in [0.25, 0.3) is 5.65 Å². The SMILES string of the molecule is COC(=O)C[C@@H](c1cccnc1)c1c(O)nc2ccc(Cl)cn2c1=O. The molecule has 0 fully saturated rings. The maximum atomic E-state index is 12.9. The first-order valence-electron chi connectivity index (χ1n) is 7.38. The molecular formula is C17H14ClN3O4. The molecule has 128 valence electrons. The maximum Gasteiger partial charge on any atom is 0.306 e. The lowest BCUT2D eigenvalue weighted by Crippen LogP contribution is -2.24. The predicted molar refractivity (Wildman–Crippen MR) is 90.8 cm³/mol. The molecule has 7 nitrogen and oxygen atoms in total. The van der Waals surface area contributed by atoms with Crippen LogP contribution in [0.2, 0.25) is 5.02 Å². The van der Waals surface area contributed by atoms with Crippen molar-refractivity contribution in [3.8, 4) is 5.88 Å². The molecule has 3 rings (SSSR count). The van der Waals surface area contributed by atoms with Crippen LogP contribution >= 0.6 is 11.6 Å². The molecule has 0 aliphatic rings. The topological polar surface area (TPSA) is 93.8 Å². The van der Waals surface area contributed by atoms with E-state index in [2.05, 4.69) is 9.97 Å². The number of hydrogen-bond donors (Lipinski definition) is 1. The standard InChI is InChI=1S/C17H14ClN3O4/c1-25-14(22)7-12(10-3-2-6-19-8-10)15-16(23)20-13-5-4-11(18)9-21(13)17(15)24/h2-6,8-9,12,23H,7H2,1H3/t12-/m0/s1. The van der Waals surface area contributed by atoms with Crippen LogP contribution in [0, 0.1) is 0 Å². The molecule has 0 unspecified atom stereocenters. The first kappa shape index (κ1) is 16.9. The van der Waals surface area contributed by atoms with Gasteiger partial charge in [0.25, 0.3) is 5.56 Å². The normalized spacial score (nSPS) is 12.1. The number of nitrogens with zero attached hydrogens (tertiary/aromatic N) is 3. The van der Waals surface area contributed by atoms with Gasteiger partial charge in [-0.1, -0.05) is 17.7 Å². The van der Waals surface area contributed by atoms with Crippen molar-refractivity contribution < 1.29 is 14.6 Å². The molecule has 25 heavy (non-hydrogen) atoms. The number of ether oxygens (including phenoxy) is 1. The van der Waals surface area contributed by atoms with E-state index in [0.29, 0.717) is 10.6 Å². The Hall–Kier alpha value is -2.93. The molecule has 8 heteroatoms. The number of rotatable bonds is 4. The molecule has 3 aromatic rings. The number of halogens is 1. The summed E-state index contributed by atoms with van der Waals surface area (Å²) in [6, 6.07) is 6.48. The minimum absolute atomic E-state index is 0.0156. The van der Waals surface area contributed by atoms with E-state index < -0.39 is 23.3 Å². The number of carbonyl (C=O) groups is 1. The molecule has 0 aliphatic carbocycles. The summed E-state index contributed by atoms with van der Waals surface area (Å²) in [5, 5.41) is 10.7. The van der Waals surface area contributed by atoms with Crippen molar-refractivity contribution in [2.75, 3.05) is 7.11 Å². The number of pyridine rings is 2. The van der Waals surface area contributed by atoms with E-state index >= 15 is 0 Å². The zero-order chi connectivity index (χ0) is 18.0. The second-order valence-corrected chi connectivity index (χ2v) is 5.79. The van der Waals surface area contributed by atoms with Crippen molar-refractivity contribution in [1.29, 1.82) is 0 Å². The molecule has 0 amide bonds. The summed E-state index contributed by atoms with van der Waals surface area (Å²) in [4.78, 5) is 32.8. The second kappa shape index (κ2) is 6.90. The highest BCUT2D eigenvalue weighted by Crippen LogP contribution is 2.30. The van der Waals surface area contributed by atoms with Crippen LogP contribution < -0.4 is 5.56 Å². The van der Waals surface area contributed by atoms with E-state index in [9.17, 15) is 14.7 Å². The number of fused-ring (bicyclic) bond motifs is 1. The van der Waals surface area contributed by atoms with Gasteiger partial charge in [0.15, 0.2) is 0 Å². The van der Waals surface area contributed by atoms with Crippen LogP contribution in [0.1, 0.15) is 23.5 Å². The summed E-state index contributed by atoms with van der Waals surface area (Å²) in [7, 11) is 1.26. The maximum absolute atomic E-state index is 12.9. The fraction of sp³-hybridized carbons (Fsp3) is 0.176. The molecular weight excluding hydrogens is 346 g/mol. The van der Waals surface area contributed by atoms with Crippen molar-refractivity contribution in [3.05, 3.63) is 69.4 Å². The number of aromatic hydroxyl groups is 1. The lowest BCUT2D eigenvalue weighted by molar-refractivity contribution is -0.140. The molecule has 0 spiro atoms. The Labute approximate surface area is 147 Å². The van der Waals surface area contributed by atoms with Gasteiger partial charge in [-0.2, -0.15) is 4.98 Å². The van der Waals surface area contributed by atoms with Gasteiger partial charge in [-0.05, 0) is 23.8 Å². The molecule has 0 saturated heterocycles. The monoisotopic (exact) mass is 359 g/mol. The Bertz CT molecular complexity index is 988. The van der Waals surface area contributed by atoms with Crippen molar-refractivity contribution >= 4 is 23.2 Å². The first-order chi connectivity index (χ1) is 12.0. The van der Waals surface area contributed by atoms with Gasteiger partial charge >= 0.3 is 5.97 Å².